The Kier molecular flexibility index (Phi) is 47.0. The van der Waals surface area contributed by atoms with Gasteiger partial charge >= 0.3 is 0 Å². The van der Waals surface area contributed by atoms with Gasteiger partial charge in [-0.15, -0.1) is 124 Å². The van der Waals surface area contributed by atoms with Gasteiger partial charge in [-0.05, 0) is 61.2 Å². The number of benzene rings is 2. The van der Waals surface area contributed by atoms with Crippen molar-refractivity contribution in [2.45, 2.75) is 19.3 Å². The van der Waals surface area contributed by atoms with E-state index in [1.807, 2.05) is 0 Å². The summed E-state index contributed by atoms with van der Waals surface area (Å²) in [4.78, 5) is 2.24. The molecule has 0 aliphatic heterocycles. The number of fused-ring (bicyclic) bond motifs is 2. The van der Waals surface area contributed by atoms with E-state index < -0.39 is 0 Å². The molecular formula is C20H33Cl10N. The van der Waals surface area contributed by atoms with Gasteiger partial charge in [-0.25, -0.2) is 0 Å². The predicted octanol–water partition coefficient (Wildman–Crippen LogP) is 8.39. The first kappa shape index (κ1) is 53.4. The Morgan fingerprint density at radius 2 is 0.968 bits per heavy atom. The van der Waals surface area contributed by atoms with Gasteiger partial charge in [0.05, 0.1) is 0 Å². The molecule has 0 saturated heterocycles. The fourth-order valence-electron chi connectivity index (χ4n) is 3.10. The number of rotatable bonds is 3. The third-order valence-electron chi connectivity index (χ3n) is 4.20. The molecular weight excluding hydrogens is 609 g/mol. The Morgan fingerprint density at radius 1 is 0.613 bits per heavy atom. The van der Waals surface area contributed by atoms with Gasteiger partial charge < -0.3 is 4.90 Å². The molecule has 1 aliphatic carbocycles. The average molecular weight is 642 g/mol. The van der Waals surface area contributed by atoms with Crippen LogP contribution >= 0.6 is 124 Å². The van der Waals surface area contributed by atoms with E-state index in [0.717, 1.165) is 25.8 Å². The van der Waals surface area contributed by atoms with E-state index in [2.05, 4.69) is 73.6 Å². The zero-order valence-corrected chi connectivity index (χ0v) is 25.2. The fourth-order valence-corrected chi connectivity index (χ4v) is 3.10. The van der Waals surface area contributed by atoms with Gasteiger partial charge in [-0.1, -0.05) is 54.6 Å². The third-order valence-corrected chi connectivity index (χ3v) is 4.20. The molecule has 0 bridgehead atoms. The molecule has 0 atom stereocenters. The first-order valence-corrected chi connectivity index (χ1v) is 7.77. The molecule has 0 saturated carbocycles. The second-order valence-corrected chi connectivity index (χ2v) is 6.02. The second kappa shape index (κ2) is 27.3. The smallest absolute Gasteiger partial charge is 0.00101 e. The Bertz CT molecular complexity index is 631. The van der Waals surface area contributed by atoms with Gasteiger partial charge in [-0.3, -0.25) is 0 Å². The van der Waals surface area contributed by atoms with E-state index in [1.165, 1.54) is 27.8 Å². The highest BCUT2D eigenvalue weighted by molar-refractivity contribution is 5.87. The van der Waals surface area contributed by atoms with E-state index in [4.69, 9.17) is 0 Å². The minimum absolute atomic E-state index is 0. The van der Waals surface area contributed by atoms with Crippen LogP contribution < -0.4 is 0 Å². The van der Waals surface area contributed by atoms with Crippen LogP contribution in [0.1, 0.15) is 28.7 Å². The first-order valence-electron chi connectivity index (χ1n) is 7.77. The molecule has 31 heavy (non-hydrogen) atoms. The molecule has 1 aliphatic rings. The molecule has 0 fully saturated rings. The Hall–Kier alpha value is 1.04. The average Bonchev–Trinajstić information content (AvgIpc) is 2.65. The molecule has 1 nitrogen and oxygen atoms in total. The topological polar surface area (TPSA) is 3.24 Å². The molecule has 0 aromatic heterocycles. The van der Waals surface area contributed by atoms with Gasteiger partial charge in [-0.2, -0.15) is 0 Å². The SMILES string of the molecule is CN(C)CCC=C1c2ccccc2CCc2ccccc21.Cl.Cl.Cl.Cl.Cl.Cl.Cl.Cl.Cl.Cl. The maximum Gasteiger partial charge on any atom is 0.00101 e. The Labute approximate surface area is 249 Å². The Morgan fingerprint density at radius 3 is 1.32 bits per heavy atom. The summed E-state index contributed by atoms with van der Waals surface area (Å²) in [6.45, 7) is 1.09. The summed E-state index contributed by atoms with van der Waals surface area (Å²) in [6, 6.07) is 17.7. The van der Waals surface area contributed by atoms with Gasteiger partial charge in [0.1, 0.15) is 0 Å². The number of hydrogen-bond acceptors (Lipinski definition) is 1. The standard InChI is InChI=1S/C20H23N.10ClH/c1-21(2)15-7-12-20-18-10-5-3-8-16(18)13-14-17-9-4-6-11-19(17)20;;;;;;;;;;/h3-6,8-12H,7,13-15H2,1-2H3;10*1H. The van der Waals surface area contributed by atoms with E-state index in [9.17, 15) is 0 Å². The van der Waals surface area contributed by atoms with E-state index in [0.29, 0.717) is 0 Å². The molecule has 0 amide bonds. The lowest BCUT2D eigenvalue weighted by atomic mass is 9.93. The molecule has 2 aromatic rings. The summed E-state index contributed by atoms with van der Waals surface area (Å²) in [7, 11) is 4.26. The van der Waals surface area contributed by atoms with Gasteiger partial charge in [0.25, 0.3) is 0 Å². The maximum atomic E-state index is 2.42. The van der Waals surface area contributed by atoms with Crippen molar-refractivity contribution in [1.82, 2.24) is 4.90 Å². The summed E-state index contributed by atoms with van der Waals surface area (Å²) in [5.41, 5.74) is 7.21. The lowest BCUT2D eigenvalue weighted by Crippen LogP contribution is -2.12. The minimum Gasteiger partial charge on any atom is -0.309 e. The Balaban J connectivity index is -0.0000000882. The summed E-state index contributed by atoms with van der Waals surface area (Å²) < 4.78 is 0. The summed E-state index contributed by atoms with van der Waals surface area (Å²) in [5.74, 6) is 0. The molecule has 3 rings (SSSR count). The van der Waals surface area contributed by atoms with Crippen LogP contribution in [0.5, 0.6) is 0 Å². The monoisotopic (exact) mass is 637 g/mol. The predicted molar refractivity (Wildman–Crippen MR) is 163 cm³/mol. The van der Waals surface area contributed by atoms with Crippen molar-refractivity contribution in [3.63, 3.8) is 0 Å². The normalized spacial score (nSPS) is 9.19. The second-order valence-electron chi connectivity index (χ2n) is 6.02. The lowest BCUT2D eigenvalue weighted by Gasteiger charge is -2.13. The molecule has 2 aromatic carbocycles. The van der Waals surface area contributed by atoms with Crippen molar-refractivity contribution in [1.29, 1.82) is 0 Å². The number of halogens is 10. The molecule has 0 N–H and O–H groups in total. The van der Waals surface area contributed by atoms with Crippen LogP contribution in [0.4, 0.5) is 0 Å². The molecule has 0 heterocycles. The van der Waals surface area contributed by atoms with Crippen molar-refractivity contribution in [3.8, 4) is 0 Å². The van der Waals surface area contributed by atoms with Crippen LogP contribution in [0.2, 0.25) is 0 Å². The summed E-state index contributed by atoms with van der Waals surface area (Å²) in [6.07, 6.45) is 5.78. The van der Waals surface area contributed by atoms with Crippen LogP contribution in [0.3, 0.4) is 0 Å². The zero-order chi connectivity index (χ0) is 14.7. The molecule has 0 spiro atoms. The van der Waals surface area contributed by atoms with Crippen molar-refractivity contribution in [3.05, 3.63) is 76.9 Å². The van der Waals surface area contributed by atoms with Gasteiger partial charge in [0.2, 0.25) is 0 Å². The van der Waals surface area contributed by atoms with Crippen molar-refractivity contribution in [2.24, 2.45) is 0 Å². The van der Waals surface area contributed by atoms with E-state index in [-0.39, 0.29) is 124 Å². The van der Waals surface area contributed by atoms with Crippen molar-refractivity contribution in [2.75, 3.05) is 20.6 Å². The van der Waals surface area contributed by atoms with Crippen LogP contribution in [0, 0.1) is 0 Å². The quantitative estimate of drug-likeness (QED) is 0.326. The zero-order valence-electron chi connectivity index (χ0n) is 17.1. The maximum absolute atomic E-state index is 2.42. The van der Waals surface area contributed by atoms with Gasteiger partial charge in [0, 0.05) is 6.54 Å². The van der Waals surface area contributed by atoms with Crippen LogP contribution in [0.25, 0.3) is 5.57 Å². The molecule has 188 valence electrons. The number of hydrogen-bond donors (Lipinski definition) is 0. The lowest BCUT2D eigenvalue weighted by molar-refractivity contribution is 0.417. The summed E-state index contributed by atoms with van der Waals surface area (Å²) >= 11 is 0. The van der Waals surface area contributed by atoms with Crippen LogP contribution in [-0.4, -0.2) is 25.5 Å². The van der Waals surface area contributed by atoms with Crippen LogP contribution in [0.15, 0.2) is 54.6 Å². The van der Waals surface area contributed by atoms with Crippen LogP contribution in [-0.2, 0) is 12.8 Å². The largest absolute Gasteiger partial charge is 0.309 e. The van der Waals surface area contributed by atoms with E-state index >= 15 is 0 Å². The van der Waals surface area contributed by atoms with Gasteiger partial charge in [0.15, 0.2) is 0 Å². The third kappa shape index (κ3) is 14.8. The van der Waals surface area contributed by atoms with Crippen molar-refractivity contribution < 1.29 is 0 Å². The molecule has 0 radical (unpaired) electrons. The number of aryl methyl sites for hydroxylation is 2. The highest BCUT2D eigenvalue weighted by Gasteiger charge is 2.16. The molecule has 0 unspecified atom stereocenters. The highest BCUT2D eigenvalue weighted by Crippen LogP contribution is 2.33. The first-order chi connectivity index (χ1) is 10.3. The molecule has 11 heteroatoms. The minimum atomic E-state index is 0. The van der Waals surface area contributed by atoms with E-state index in [1.54, 1.807) is 0 Å². The number of nitrogens with zero attached hydrogens (tertiary/aromatic N) is 1. The summed E-state index contributed by atoms with van der Waals surface area (Å²) in [5, 5.41) is 0. The highest BCUT2D eigenvalue weighted by atomic mass is 35.5. The van der Waals surface area contributed by atoms with Crippen molar-refractivity contribution >= 4 is 130 Å². The fraction of sp³-hybridized carbons (Fsp3) is 0.300.